The molecule has 0 bridgehead atoms. The van der Waals surface area contributed by atoms with Crippen LogP contribution in [0, 0.1) is 0 Å². The SMILES string of the molecule is CC(C)NC(C(=O)O)C(C)OC(C)(C)C. The number of carbonyl (C=O) groups is 1. The maximum absolute atomic E-state index is 11.0. The lowest BCUT2D eigenvalue weighted by molar-refractivity contribution is -0.147. The fourth-order valence-electron chi connectivity index (χ4n) is 1.39. The summed E-state index contributed by atoms with van der Waals surface area (Å²) in [5.41, 5.74) is -0.328. The lowest BCUT2D eigenvalue weighted by Crippen LogP contribution is -2.50. The van der Waals surface area contributed by atoms with Gasteiger partial charge in [-0.05, 0) is 27.7 Å². The van der Waals surface area contributed by atoms with Crippen molar-refractivity contribution in [1.29, 1.82) is 0 Å². The highest BCUT2D eigenvalue weighted by Gasteiger charge is 2.28. The van der Waals surface area contributed by atoms with Crippen molar-refractivity contribution < 1.29 is 14.6 Å². The molecule has 2 N–H and O–H groups in total. The molecule has 90 valence electrons. The molecule has 2 unspecified atom stereocenters. The Hall–Kier alpha value is -0.610. The van der Waals surface area contributed by atoms with Crippen LogP contribution in [-0.4, -0.2) is 34.9 Å². The number of carboxylic acids is 1. The Morgan fingerprint density at radius 2 is 1.73 bits per heavy atom. The summed E-state index contributed by atoms with van der Waals surface area (Å²) in [6, 6.07) is -0.540. The van der Waals surface area contributed by atoms with E-state index in [0.717, 1.165) is 0 Å². The van der Waals surface area contributed by atoms with E-state index >= 15 is 0 Å². The average molecular weight is 217 g/mol. The largest absolute Gasteiger partial charge is 0.480 e. The van der Waals surface area contributed by atoms with E-state index in [4.69, 9.17) is 9.84 Å². The molecule has 0 saturated carbocycles. The molecule has 0 aromatic carbocycles. The molecule has 0 heterocycles. The van der Waals surface area contributed by atoms with Crippen LogP contribution in [0.2, 0.25) is 0 Å². The zero-order valence-corrected chi connectivity index (χ0v) is 10.5. The number of aliphatic carboxylic acids is 1. The molecule has 0 rings (SSSR count). The molecule has 0 saturated heterocycles. The summed E-state index contributed by atoms with van der Waals surface area (Å²) in [5.74, 6) is -0.875. The Morgan fingerprint density at radius 3 is 2.00 bits per heavy atom. The van der Waals surface area contributed by atoms with Gasteiger partial charge in [0, 0.05) is 6.04 Å². The highest BCUT2D eigenvalue weighted by atomic mass is 16.5. The number of rotatable bonds is 5. The van der Waals surface area contributed by atoms with Gasteiger partial charge in [0.1, 0.15) is 6.04 Å². The van der Waals surface area contributed by atoms with Crippen molar-refractivity contribution in [3.05, 3.63) is 0 Å². The van der Waals surface area contributed by atoms with E-state index in [2.05, 4.69) is 5.32 Å². The predicted molar refractivity (Wildman–Crippen MR) is 60.0 cm³/mol. The molecule has 0 aliphatic carbocycles. The monoisotopic (exact) mass is 217 g/mol. The van der Waals surface area contributed by atoms with E-state index in [1.54, 1.807) is 6.92 Å². The Labute approximate surface area is 92.0 Å². The number of ether oxygens (including phenoxy) is 1. The summed E-state index contributed by atoms with van der Waals surface area (Å²) in [7, 11) is 0. The predicted octanol–water partition coefficient (Wildman–Crippen LogP) is 1.64. The Balaban J connectivity index is 4.42. The van der Waals surface area contributed by atoms with E-state index in [-0.39, 0.29) is 17.7 Å². The van der Waals surface area contributed by atoms with E-state index in [9.17, 15) is 4.79 Å². The first-order valence-electron chi connectivity index (χ1n) is 5.30. The lowest BCUT2D eigenvalue weighted by atomic mass is 10.1. The van der Waals surface area contributed by atoms with Crippen molar-refractivity contribution in [3.63, 3.8) is 0 Å². The number of carboxylic acid groups (broad SMARTS) is 1. The van der Waals surface area contributed by atoms with Crippen LogP contribution in [0.15, 0.2) is 0 Å². The van der Waals surface area contributed by atoms with Crippen molar-refractivity contribution in [2.45, 2.75) is 65.3 Å². The summed E-state index contributed by atoms with van der Waals surface area (Å²) in [4.78, 5) is 11.0. The first-order chi connectivity index (χ1) is 6.63. The van der Waals surface area contributed by atoms with Crippen molar-refractivity contribution in [3.8, 4) is 0 Å². The standard InChI is InChI=1S/C11H23NO3/c1-7(2)12-9(10(13)14)8(3)15-11(4,5)6/h7-9,12H,1-6H3,(H,13,14). The zero-order valence-electron chi connectivity index (χ0n) is 10.5. The summed E-state index contributed by atoms with van der Waals surface area (Å²) in [5, 5.41) is 12.0. The fraction of sp³-hybridized carbons (Fsp3) is 0.909. The molecule has 4 heteroatoms. The van der Waals surface area contributed by atoms with Gasteiger partial charge in [0.15, 0.2) is 0 Å². The van der Waals surface area contributed by atoms with Crippen molar-refractivity contribution in [2.24, 2.45) is 0 Å². The molecule has 0 aromatic rings. The summed E-state index contributed by atoms with van der Waals surface area (Å²) >= 11 is 0. The van der Waals surface area contributed by atoms with Gasteiger partial charge in [0.25, 0.3) is 0 Å². The third-order valence-corrected chi connectivity index (χ3v) is 1.79. The van der Waals surface area contributed by atoms with Gasteiger partial charge in [0.2, 0.25) is 0 Å². The van der Waals surface area contributed by atoms with Gasteiger partial charge >= 0.3 is 5.97 Å². The molecule has 0 spiro atoms. The normalized spacial score (nSPS) is 16.5. The van der Waals surface area contributed by atoms with Gasteiger partial charge in [-0.25, -0.2) is 0 Å². The van der Waals surface area contributed by atoms with E-state index in [1.807, 2.05) is 34.6 Å². The minimum absolute atomic E-state index is 0.122. The van der Waals surface area contributed by atoms with Gasteiger partial charge in [-0.15, -0.1) is 0 Å². The second-order valence-corrected chi connectivity index (χ2v) is 5.07. The summed E-state index contributed by atoms with van der Waals surface area (Å²) in [6.07, 6.45) is -0.357. The van der Waals surface area contributed by atoms with Crippen molar-refractivity contribution in [1.82, 2.24) is 5.32 Å². The van der Waals surface area contributed by atoms with Crippen LogP contribution in [-0.2, 0) is 9.53 Å². The molecule has 4 nitrogen and oxygen atoms in total. The molecule has 0 fully saturated rings. The maximum atomic E-state index is 11.0. The van der Waals surface area contributed by atoms with Crippen LogP contribution in [0.4, 0.5) is 0 Å². The van der Waals surface area contributed by atoms with Crippen LogP contribution < -0.4 is 5.32 Å². The first-order valence-corrected chi connectivity index (χ1v) is 5.30. The number of hydrogen-bond acceptors (Lipinski definition) is 3. The van der Waals surface area contributed by atoms with Crippen molar-refractivity contribution in [2.75, 3.05) is 0 Å². The number of hydrogen-bond donors (Lipinski definition) is 2. The Kier molecular flexibility index (Phi) is 5.24. The maximum Gasteiger partial charge on any atom is 0.323 e. The Morgan fingerprint density at radius 1 is 1.27 bits per heavy atom. The molecule has 0 radical (unpaired) electrons. The minimum Gasteiger partial charge on any atom is -0.480 e. The lowest BCUT2D eigenvalue weighted by Gasteiger charge is -2.30. The minimum atomic E-state index is -0.875. The van der Waals surface area contributed by atoms with Gasteiger partial charge in [-0.2, -0.15) is 0 Å². The highest BCUT2D eigenvalue weighted by Crippen LogP contribution is 2.13. The van der Waals surface area contributed by atoms with Crippen LogP contribution in [0.5, 0.6) is 0 Å². The molecule has 0 aliphatic rings. The topological polar surface area (TPSA) is 58.6 Å². The first kappa shape index (κ1) is 14.4. The summed E-state index contributed by atoms with van der Waals surface area (Å²) < 4.78 is 5.62. The van der Waals surface area contributed by atoms with Gasteiger partial charge < -0.3 is 15.2 Å². The van der Waals surface area contributed by atoms with Crippen LogP contribution in [0.25, 0.3) is 0 Å². The smallest absolute Gasteiger partial charge is 0.323 e. The highest BCUT2D eigenvalue weighted by molar-refractivity contribution is 5.74. The van der Waals surface area contributed by atoms with Crippen LogP contribution in [0.3, 0.4) is 0 Å². The summed E-state index contributed by atoms with van der Waals surface area (Å²) in [6.45, 7) is 11.4. The average Bonchev–Trinajstić information content (AvgIpc) is 1.95. The second-order valence-electron chi connectivity index (χ2n) is 5.07. The quantitative estimate of drug-likeness (QED) is 0.735. The van der Waals surface area contributed by atoms with Gasteiger partial charge in [-0.3, -0.25) is 4.79 Å². The van der Waals surface area contributed by atoms with Crippen molar-refractivity contribution >= 4 is 5.97 Å². The molecule has 0 aromatic heterocycles. The molecular weight excluding hydrogens is 194 g/mol. The molecule has 15 heavy (non-hydrogen) atoms. The molecule has 0 aliphatic heterocycles. The number of nitrogens with one attached hydrogen (secondary N) is 1. The second kappa shape index (κ2) is 5.47. The van der Waals surface area contributed by atoms with Crippen LogP contribution >= 0.6 is 0 Å². The van der Waals surface area contributed by atoms with Gasteiger partial charge in [0.05, 0.1) is 11.7 Å². The van der Waals surface area contributed by atoms with E-state index < -0.39 is 12.0 Å². The van der Waals surface area contributed by atoms with E-state index in [1.165, 1.54) is 0 Å². The Bertz CT molecular complexity index is 208. The van der Waals surface area contributed by atoms with E-state index in [0.29, 0.717) is 0 Å². The fourth-order valence-corrected chi connectivity index (χ4v) is 1.39. The molecule has 2 atom stereocenters. The third kappa shape index (κ3) is 6.47. The van der Waals surface area contributed by atoms with Crippen LogP contribution in [0.1, 0.15) is 41.5 Å². The third-order valence-electron chi connectivity index (χ3n) is 1.79. The molecule has 0 amide bonds. The zero-order chi connectivity index (χ0) is 12.2. The molecular formula is C11H23NO3. The van der Waals surface area contributed by atoms with Gasteiger partial charge in [-0.1, -0.05) is 13.8 Å².